The average molecular weight is 259 g/mol. The quantitative estimate of drug-likeness (QED) is 0.662. The Hall–Kier alpha value is -2.86. The van der Waals surface area contributed by atoms with Crippen molar-refractivity contribution in [3.05, 3.63) is 41.4 Å². The first kappa shape index (κ1) is 14.2. The predicted molar refractivity (Wildman–Crippen MR) is 65.3 cm³/mol. The van der Waals surface area contributed by atoms with E-state index in [2.05, 4.69) is 5.32 Å². The second-order valence-electron chi connectivity index (χ2n) is 3.34. The molecule has 0 bridgehead atoms. The number of ether oxygens (including phenoxy) is 1. The highest BCUT2D eigenvalue weighted by molar-refractivity contribution is 5.90. The van der Waals surface area contributed by atoms with Gasteiger partial charge in [0, 0.05) is 11.9 Å². The van der Waals surface area contributed by atoms with Gasteiger partial charge in [0.25, 0.3) is 0 Å². The first-order valence-electron chi connectivity index (χ1n) is 5.36. The van der Waals surface area contributed by atoms with Gasteiger partial charge >= 0.3 is 5.97 Å². The first-order valence-corrected chi connectivity index (χ1v) is 5.36. The lowest BCUT2D eigenvalue weighted by Crippen LogP contribution is -2.07. The molecule has 5 nitrogen and oxygen atoms in total. The summed E-state index contributed by atoms with van der Waals surface area (Å²) >= 11 is 0. The van der Waals surface area contributed by atoms with Gasteiger partial charge in [-0.25, -0.2) is 9.18 Å². The monoisotopic (exact) mass is 259 g/mol. The second kappa shape index (κ2) is 6.77. The Balaban J connectivity index is 2.98. The number of carbonyl (C=O) groups is 1. The van der Waals surface area contributed by atoms with Crippen molar-refractivity contribution in [2.45, 2.75) is 6.92 Å². The number of rotatable bonds is 4. The molecule has 96 valence electrons. The fourth-order valence-corrected chi connectivity index (χ4v) is 1.23. The molecule has 0 unspecified atom stereocenters. The summed E-state index contributed by atoms with van der Waals surface area (Å²) in [5.74, 6) is -1.47. The highest BCUT2D eigenvalue weighted by atomic mass is 19.1. The van der Waals surface area contributed by atoms with E-state index >= 15 is 0 Å². The van der Waals surface area contributed by atoms with Gasteiger partial charge in [0.05, 0.1) is 12.2 Å². The van der Waals surface area contributed by atoms with Crippen LogP contribution in [-0.2, 0) is 4.74 Å². The molecule has 0 aromatic heterocycles. The number of nitrogens with one attached hydrogen (secondary N) is 1. The molecule has 1 aromatic rings. The van der Waals surface area contributed by atoms with Crippen molar-refractivity contribution in [2.24, 2.45) is 0 Å². The Morgan fingerprint density at radius 2 is 2.16 bits per heavy atom. The van der Waals surface area contributed by atoms with Crippen LogP contribution in [0.3, 0.4) is 0 Å². The van der Waals surface area contributed by atoms with E-state index < -0.39 is 11.8 Å². The van der Waals surface area contributed by atoms with Crippen molar-refractivity contribution in [1.82, 2.24) is 0 Å². The van der Waals surface area contributed by atoms with E-state index in [9.17, 15) is 9.18 Å². The Kier molecular flexibility index (Phi) is 5.06. The van der Waals surface area contributed by atoms with E-state index in [0.717, 1.165) is 6.07 Å². The smallest absolute Gasteiger partial charge is 0.341 e. The molecular formula is C13H10FN3O2. The second-order valence-corrected chi connectivity index (χ2v) is 3.34. The molecule has 0 amide bonds. The van der Waals surface area contributed by atoms with E-state index in [-0.39, 0.29) is 17.7 Å². The van der Waals surface area contributed by atoms with Crippen LogP contribution in [-0.4, -0.2) is 12.6 Å². The van der Waals surface area contributed by atoms with E-state index in [0.29, 0.717) is 5.69 Å². The molecule has 1 aromatic carbocycles. The minimum absolute atomic E-state index is 0.137. The van der Waals surface area contributed by atoms with Crippen molar-refractivity contribution in [2.75, 3.05) is 11.9 Å². The number of nitrogens with zero attached hydrogens (tertiary/aromatic N) is 2. The fourth-order valence-electron chi connectivity index (χ4n) is 1.23. The molecule has 1 N–H and O–H groups in total. The minimum atomic E-state index is -0.770. The number of halogens is 1. The topological polar surface area (TPSA) is 85.9 Å². The molecule has 0 spiro atoms. The van der Waals surface area contributed by atoms with Crippen LogP contribution in [0.25, 0.3) is 0 Å². The van der Waals surface area contributed by atoms with Crippen LogP contribution in [0.1, 0.15) is 17.3 Å². The highest BCUT2D eigenvalue weighted by Gasteiger charge is 2.13. The summed E-state index contributed by atoms with van der Waals surface area (Å²) < 4.78 is 18.1. The lowest BCUT2D eigenvalue weighted by Gasteiger charge is -2.06. The minimum Gasteiger partial charge on any atom is -0.462 e. The zero-order chi connectivity index (χ0) is 14.3. The van der Waals surface area contributed by atoms with Crippen molar-refractivity contribution >= 4 is 11.7 Å². The Bertz CT molecular complexity index is 581. The van der Waals surface area contributed by atoms with Crippen LogP contribution >= 0.6 is 0 Å². The molecular weight excluding hydrogens is 249 g/mol. The zero-order valence-corrected chi connectivity index (χ0v) is 10.1. The number of hydrogen-bond donors (Lipinski definition) is 1. The number of allylic oxidation sites excluding steroid dienone is 1. The van der Waals surface area contributed by atoms with Gasteiger partial charge in [-0.15, -0.1) is 0 Å². The maximum atomic E-state index is 13.4. The van der Waals surface area contributed by atoms with Crippen molar-refractivity contribution in [3.8, 4) is 12.1 Å². The maximum absolute atomic E-state index is 13.4. The summed E-state index contributed by atoms with van der Waals surface area (Å²) in [6, 6.07) is 7.05. The van der Waals surface area contributed by atoms with Gasteiger partial charge in [-0.3, -0.25) is 0 Å². The standard InChI is InChI=1S/C13H10FN3O2/c1-2-19-13(18)11-5-10(3-4-12(11)14)17-8-9(6-15)7-16/h3-5,8,17H,2H2,1H3. The van der Waals surface area contributed by atoms with E-state index in [1.165, 1.54) is 18.3 Å². The lowest BCUT2D eigenvalue weighted by molar-refractivity contribution is 0.0521. The molecule has 0 atom stereocenters. The van der Waals surface area contributed by atoms with Crippen molar-refractivity contribution in [1.29, 1.82) is 10.5 Å². The van der Waals surface area contributed by atoms with Crippen LogP contribution < -0.4 is 5.32 Å². The summed E-state index contributed by atoms with van der Waals surface area (Å²) in [4.78, 5) is 11.5. The van der Waals surface area contributed by atoms with E-state index in [1.807, 2.05) is 0 Å². The van der Waals surface area contributed by atoms with Gasteiger partial charge < -0.3 is 10.1 Å². The molecule has 0 radical (unpaired) electrons. The fraction of sp³-hybridized carbons (Fsp3) is 0.154. The van der Waals surface area contributed by atoms with Crippen LogP contribution in [0.4, 0.5) is 10.1 Å². The van der Waals surface area contributed by atoms with Crippen LogP contribution in [0, 0.1) is 28.5 Å². The summed E-state index contributed by atoms with van der Waals surface area (Å²) in [5, 5.41) is 19.7. The molecule has 6 heteroatoms. The number of carbonyl (C=O) groups excluding carboxylic acids is 1. The molecule has 19 heavy (non-hydrogen) atoms. The Morgan fingerprint density at radius 3 is 2.74 bits per heavy atom. The molecule has 0 heterocycles. The van der Waals surface area contributed by atoms with Crippen LogP contribution in [0.5, 0.6) is 0 Å². The summed E-state index contributed by atoms with van der Waals surface area (Å²) in [6.45, 7) is 1.76. The highest BCUT2D eigenvalue weighted by Crippen LogP contribution is 2.16. The number of esters is 1. The summed E-state index contributed by atoms with van der Waals surface area (Å²) in [5.41, 5.74) is 0.0187. The number of hydrogen-bond acceptors (Lipinski definition) is 5. The molecule has 0 aliphatic rings. The molecule has 0 aliphatic carbocycles. The maximum Gasteiger partial charge on any atom is 0.341 e. The summed E-state index contributed by atoms with van der Waals surface area (Å²) in [6.07, 6.45) is 1.17. The van der Waals surface area contributed by atoms with Gasteiger partial charge in [-0.2, -0.15) is 10.5 Å². The zero-order valence-electron chi connectivity index (χ0n) is 10.1. The average Bonchev–Trinajstić information content (AvgIpc) is 2.41. The first-order chi connectivity index (χ1) is 9.12. The van der Waals surface area contributed by atoms with Crippen molar-refractivity contribution in [3.63, 3.8) is 0 Å². The Morgan fingerprint density at radius 1 is 1.47 bits per heavy atom. The Labute approximate surface area is 109 Å². The van der Waals surface area contributed by atoms with Crippen molar-refractivity contribution < 1.29 is 13.9 Å². The van der Waals surface area contributed by atoms with E-state index in [1.54, 1.807) is 19.1 Å². The van der Waals surface area contributed by atoms with Crippen LogP contribution in [0.2, 0.25) is 0 Å². The van der Waals surface area contributed by atoms with Gasteiger partial charge in [0.2, 0.25) is 0 Å². The number of nitriles is 2. The van der Waals surface area contributed by atoms with Gasteiger partial charge in [0.1, 0.15) is 23.5 Å². The largest absolute Gasteiger partial charge is 0.462 e. The number of benzene rings is 1. The van der Waals surface area contributed by atoms with E-state index in [4.69, 9.17) is 15.3 Å². The predicted octanol–water partition coefficient (Wildman–Crippen LogP) is 2.35. The molecule has 0 saturated carbocycles. The van der Waals surface area contributed by atoms with Gasteiger partial charge in [-0.1, -0.05) is 0 Å². The number of anilines is 1. The molecule has 1 rings (SSSR count). The lowest BCUT2D eigenvalue weighted by atomic mass is 10.2. The summed E-state index contributed by atoms with van der Waals surface area (Å²) in [7, 11) is 0. The third kappa shape index (κ3) is 3.83. The molecule has 0 fully saturated rings. The SMILES string of the molecule is CCOC(=O)c1cc(NC=C(C#N)C#N)ccc1F. The molecule has 0 aliphatic heterocycles. The molecule has 0 saturated heterocycles. The van der Waals surface area contributed by atoms with Gasteiger partial charge in [0.15, 0.2) is 0 Å². The van der Waals surface area contributed by atoms with Crippen LogP contribution in [0.15, 0.2) is 30.0 Å². The normalized spacial score (nSPS) is 8.84. The third-order valence-electron chi connectivity index (χ3n) is 2.09. The third-order valence-corrected chi connectivity index (χ3v) is 2.09. The van der Waals surface area contributed by atoms with Gasteiger partial charge in [-0.05, 0) is 25.1 Å².